The predicted octanol–water partition coefficient (Wildman–Crippen LogP) is 1.29. The molecule has 3 heteroatoms. The van der Waals surface area contributed by atoms with Crippen LogP contribution in [-0.2, 0) is 11.3 Å². The second-order valence-corrected chi connectivity index (χ2v) is 4.89. The Morgan fingerprint density at radius 3 is 2.00 bits per heavy atom. The molecule has 0 atom stereocenters. The third-order valence-electron chi connectivity index (χ3n) is 1.87. The van der Waals surface area contributed by atoms with Gasteiger partial charge in [-0.15, -0.1) is 0 Å². The lowest BCUT2D eigenvalue weighted by atomic mass is 10.1. The van der Waals surface area contributed by atoms with Gasteiger partial charge in [0.05, 0.1) is 21.1 Å². The minimum absolute atomic E-state index is 0.966. The first-order valence-electron chi connectivity index (χ1n) is 5.44. The molecule has 0 unspecified atom stereocenters. The molecule has 0 aromatic heterocycles. The van der Waals surface area contributed by atoms with Gasteiger partial charge < -0.3 is 14.4 Å². The summed E-state index contributed by atoms with van der Waals surface area (Å²) < 4.78 is 0.966. The molecule has 0 radical (unpaired) electrons. The van der Waals surface area contributed by atoms with E-state index in [4.69, 9.17) is 9.90 Å². The number of benzene rings is 1. The summed E-state index contributed by atoms with van der Waals surface area (Å²) in [6, 6.07) is 8.55. The standard InChI is InChI=1S/C12H18N.C2H4O2/c1-5-11-6-8-12(9-7-11)10-13(2,3)4;1-2(3)4/h5-9H,1,10H2,2-4H3;1H3,(H,3,4)/q+1;/p-1. The molecule has 0 aliphatic heterocycles. The van der Waals surface area contributed by atoms with Crippen LogP contribution >= 0.6 is 0 Å². The molecule has 0 bridgehead atoms. The fraction of sp³-hybridized carbons (Fsp3) is 0.357. The number of carboxylic acids is 1. The Kier molecular flexibility index (Phi) is 6.21. The van der Waals surface area contributed by atoms with Gasteiger partial charge in [0, 0.05) is 11.5 Å². The lowest BCUT2D eigenvalue weighted by Gasteiger charge is -2.23. The van der Waals surface area contributed by atoms with Gasteiger partial charge in [0.25, 0.3) is 0 Å². The molecule has 94 valence electrons. The van der Waals surface area contributed by atoms with E-state index in [1.165, 1.54) is 11.1 Å². The Labute approximate surface area is 104 Å². The molecule has 0 saturated heterocycles. The van der Waals surface area contributed by atoms with Gasteiger partial charge in [-0.2, -0.15) is 0 Å². The first-order chi connectivity index (χ1) is 7.74. The van der Waals surface area contributed by atoms with E-state index in [1.54, 1.807) is 0 Å². The van der Waals surface area contributed by atoms with Crippen LogP contribution in [0.4, 0.5) is 0 Å². The zero-order valence-electron chi connectivity index (χ0n) is 11.1. The molecule has 1 aromatic rings. The van der Waals surface area contributed by atoms with Gasteiger partial charge in [-0.3, -0.25) is 0 Å². The van der Waals surface area contributed by atoms with Crippen LogP contribution in [0, 0.1) is 0 Å². The number of carbonyl (C=O) groups excluding carboxylic acids is 1. The quantitative estimate of drug-likeness (QED) is 0.741. The number of hydrogen-bond donors (Lipinski definition) is 0. The van der Waals surface area contributed by atoms with Crippen molar-refractivity contribution < 1.29 is 14.4 Å². The Bertz CT molecular complexity index is 357. The highest BCUT2D eigenvalue weighted by molar-refractivity contribution is 5.60. The van der Waals surface area contributed by atoms with E-state index in [2.05, 4.69) is 52.0 Å². The Hall–Kier alpha value is -1.61. The summed E-state index contributed by atoms with van der Waals surface area (Å²) in [5.41, 5.74) is 2.56. The van der Waals surface area contributed by atoms with Crippen molar-refractivity contribution >= 4 is 12.0 Å². The van der Waals surface area contributed by atoms with E-state index in [1.807, 2.05) is 6.08 Å². The first-order valence-corrected chi connectivity index (χ1v) is 5.44. The highest BCUT2D eigenvalue weighted by Crippen LogP contribution is 2.09. The summed E-state index contributed by atoms with van der Waals surface area (Å²) in [6.45, 7) is 5.77. The number of carboxylic acid groups (broad SMARTS) is 1. The molecule has 0 spiro atoms. The zero-order valence-corrected chi connectivity index (χ0v) is 11.1. The van der Waals surface area contributed by atoms with Crippen LogP contribution in [0.2, 0.25) is 0 Å². The Morgan fingerprint density at radius 1 is 1.29 bits per heavy atom. The molecule has 0 aliphatic rings. The summed E-state index contributed by atoms with van der Waals surface area (Å²) in [4.78, 5) is 8.89. The zero-order chi connectivity index (χ0) is 13.5. The molecule has 3 nitrogen and oxygen atoms in total. The molecule has 17 heavy (non-hydrogen) atoms. The van der Waals surface area contributed by atoms with Gasteiger partial charge >= 0.3 is 0 Å². The molecule has 0 heterocycles. The van der Waals surface area contributed by atoms with Crippen molar-refractivity contribution in [2.45, 2.75) is 13.5 Å². The van der Waals surface area contributed by atoms with E-state index < -0.39 is 5.97 Å². The molecule has 0 fully saturated rings. The largest absolute Gasteiger partial charge is 0.550 e. The number of nitrogens with zero attached hydrogens (tertiary/aromatic N) is 1. The lowest BCUT2D eigenvalue weighted by molar-refractivity contribution is -0.884. The van der Waals surface area contributed by atoms with Gasteiger partial charge in [-0.05, 0) is 12.5 Å². The normalized spacial score (nSPS) is 10.1. The van der Waals surface area contributed by atoms with Crippen LogP contribution in [0.15, 0.2) is 30.8 Å². The van der Waals surface area contributed by atoms with Crippen molar-refractivity contribution in [1.82, 2.24) is 0 Å². The van der Waals surface area contributed by atoms with Crippen LogP contribution in [-0.4, -0.2) is 31.6 Å². The summed E-state index contributed by atoms with van der Waals surface area (Å²) in [7, 11) is 6.59. The summed E-state index contributed by atoms with van der Waals surface area (Å²) in [5, 5.41) is 8.89. The molecular formula is C14H21NO2. The maximum atomic E-state index is 8.89. The average Bonchev–Trinajstić information content (AvgIpc) is 2.15. The number of quaternary nitrogens is 1. The number of hydrogen-bond acceptors (Lipinski definition) is 2. The van der Waals surface area contributed by atoms with Gasteiger partial charge in [0.1, 0.15) is 6.54 Å². The predicted molar refractivity (Wildman–Crippen MR) is 69.0 cm³/mol. The van der Waals surface area contributed by atoms with Crippen molar-refractivity contribution in [1.29, 1.82) is 0 Å². The molecule has 1 aromatic carbocycles. The highest BCUT2D eigenvalue weighted by atomic mass is 16.4. The maximum absolute atomic E-state index is 8.89. The molecule has 0 aliphatic carbocycles. The third-order valence-corrected chi connectivity index (χ3v) is 1.87. The third kappa shape index (κ3) is 9.33. The van der Waals surface area contributed by atoms with Crippen LogP contribution in [0.3, 0.4) is 0 Å². The lowest BCUT2D eigenvalue weighted by Crippen LogP contribution is -2.33. The van der Waals surface area contributed by atoms with Gasteiger partial charge in [0.15, 0.2) is 0 Å². The van der Waals surface area contributed by atoms with Crippen LogP contribution in [0.25, 0.3) is 6.08 Å². The van der Waals surface area contributed by atoms with Crippen LogP contribution in [0.1, 0.15) is 18.1 Å². The van der Waals surface area contributed by atoms with E-state index in [-0.39, 0.29) is 0 Å². The van der Waals surface area contributed by atoms with E-state index >= 15 is 0 Å². The van der Waals surface area contributed by atoms with Crippen molar-refractivity contribution in [2.75, 3.05) is 21.1 Å². The van der Waals surface area contributed by atoms with Crippen molar-refractivity contribution in [3.05, 3.63) is 42.0 Å². The monoisotopic (exact) mass is 235 g/mol. The van der Waals surface area contributed by atoms with Crippen LogP contribution in [0.5, 0.6) is 0 Å². The molecule has 0 N–H and O–H groups in total. The van der Waals surface area contributed by atoms with E-state index in [9.17, 15) is 0 Å². The van der Waals surface area contributed by atoms with Gasteiger partial charge in [-0.25, -0.2) is 0 Å². The molecule has 0 amide bonds. The summed E-state index contributed by atoms with van der Waals surface area (Å²) in [5.74, 6) is -1.08. The second kappa shape index (κ2) is 6.86. The average molecular weight is 235 g/mol. The summed E-state index contributed by atoms with van der Waals surface area (Å²) >= 11 is 0. The number of carbonyl (C=O) groups is 1. The van der Waals surface area contributed by atoms with E-state index in [0.717, 1.165) is 18.0 Å². The SMILES string of the molecule is C=Cc1ccc(C[N+](C)(C)C)cc1.CC(=O)[O-]. The molecule has 0 saturated carbocycles. The van der Waals surface area contributed by atoms with Gasteiger partial charge in [0.2, 0.25) is 0 Å². The van der Waals surface area contributed by atoms with Crippen molar-refractivity contribution in [3.8, 4) is 0 Å². The topological polar surface area (TPSA) is 40.1 Å². The number of rotatable bonds is 3. The van der Waals surface area contributed by atoms with Crippen LogP contribution < -0.4 is 5.11 Å². The summed E-state index contributed by atoms with van der Waals surface area (Å²) in [6.07, 6.45) is 1.87. The van der Waals surface area contributed by atoms with E-state index in [0.29, 0.717) is 0 Å². The minimum atomic E-state index is -1.08. The fourth-order valence-electron chi connectivity index (χ4n) is 1.31. The molecule has 1 rings (SSSR count). The Morgan fingerprint density at radius 2 is 1.71 bits per heavy atom. The minimum Gasteiger partial charge on any atom is -0.550 e. The fourth-order valence-corrected chi connectivity index (χ4v) is 1.31. The maximum Gasteiger partial charge on any atom is 0.104 e. The molecular weight excluding hydrogens is 214 g/mol. The smallest absolute Gasteiger partial charge is 0.104 e. The number of aliphatic carboxylic acids is 1. The van der Waals surface area contributed by atoms with Crippen molar-refractivity contribution in [3.63, 3.8) is 0 Å². The Balaban J connectivity index is 0.000000557. The second-order valence-electron chi connectivity index (χ2n) is 4.89. The van der Waals surface area contributed by atoms with Crippen molar-refractivity contribution in [2.24, 2.45) is 0 Å². The first kappa shape index (κ1) is 15.4. The highest BCUT2D eigenvalue weighted by Gasteiger charge is 2.07. The van der Waals surface area contributed by atoms with Gasteiger partial charge in [-0.1, -0.05) is 36.9 Å².